The second kappa shape index (κ2) is 26.1. The fourth-order valence-corrected chi connectivity index (χ4v) is 14.6. The molecule has 12 nitrogen and oxygen atoms in total. The van der Waals surface area contributed by atoms with E-state index in [1.165, 1.54) is 4.57 Å². The summed E-state index contributed by atoms with van der Waals surface area (Å²) in [6.45, 7) is -4.01. The Kier molecular flexibility index (Phi) is 11.6. The summed E-state index contributed by atoms with van der Waals surface area (Å²) in [6.07, 6.45) is 0. The highest BCUT2D eigenvalue weighted by Gasteiger charge is 2.46. The maximum Gasteiger partial charge on any atom is 0.252 e. The molecule has 0 saturated carbocycles. The van der Waals surface area contributed by atoms with Crippen LogP contribution in [-0.4, -0.2) is 56.1 Å². The van der Waals surface area contributed by atoms with Crippen LogP contribution in [-0.2, 0) is 0 Å². The molecule has 6 heterocycles. The lowest BCUT2D eigenvalue weighted by atomic mass is 9.33. The largest absolute Gasteiger partial charge is 0.311 e. The third-order valence-electron chi connectivity index (χ3n) is 19.4. The van der Waals surface area contributed by atoms with Crippen LogP contribution in [0.3, 0.4) is 0 Å². The van der Waals surface area contributed by atoms with Gasteiger partial charge >= 0.3 is 0 Å². The van der Waals surface area contributed by atoms with Gasteiger partial charge in [-0.25, -0.2) is 44.9 Å². The van der Waals surface area contributed by atoms with Gasteiger partial charge in [0.05, 0.1) is 40.2 Å². The molecule has 0 bridgehead atoms. The maximum absolute atomic E-state index is 9.89. The Morgan fingerprint density at radius 3 is 1.11 bits per heavy atom. The number of benzene rings is 14. The first-order valence-electron chi connectivity index (χ1n) is 42.6. The molecule has 14 aromatic carbocycles. The van der Waals surface area contributed by atoms with Crippen LogP contribution in [0.25, 0.3) is 141 Å². The molecule has 0 radical (unpaired) electrons. The van der Waals surface area contributed by atoms with Crippen molar-refractivity contribution in [3.05, 3.63) is 357 Å². The molecule has 0 N–H and O–H groups in total. The summed E-state index contributed by atoms with van der Waals surface area (Å²) in [5.41, 5.74) is 7.70. The second-order valence-corrected chi connectivity index (χ2v) is 25.7. The number of hydrogen-bond acceptors (Lipinski definition) is 11. The molecule has 500 valence electrons. The fraction of sp³-hybridized carbons (Fsp3) is 0.0106. The van der Waals surface area contributed by atoms with Crippen LogP contribution < -0.4 is 26.2 Å². The van der Waals surface area contributed by atoms with Gasteiger partial charge in [0.1, 0.15) is 0 Å². The number of fused-ring (bicyclic) bond motifs is 7. The van der Waals surface area contributed by atoms with Crippen molar-refractivity contribution < 1.29 is 21.9 Å². The van der Waals surface area contributed by atoms with Crippen molar-refractivity contribution in [2.24, 2.45) is 0 Å². The second-order valence-electron chi connectivity index (χ2n) is 25.7. The topological polar surface area (TPSA) is 127 Å². The van der Waals surface area contributed by atoms with Gasteiger partial charge in [0.15, 0.2) is 52.4 Å². The third-order valence-corrected chi connectivity index (χ3v) is 19.4. The lowest BCUT2D eigenvalue weighted by Crippen LogP contribution is -2.61. The number of para-hydroxylation sites is 4. The molecule has 0 aliphatic carbocycles. The lowest BCUT2D eigenvalue weighted by Gasteiger charge is -2.45. The zero-order valence-corrected chi connectivity index (χ0v) is 56.4. The predicted molar refractivity (Wildman–Crippen MR) is 434 cm³/mol. The molecule has 13 heteroatoms. The summed E-state index contributed by atoms with van der Waals surface area (Å²) in [4.78, 5) is 51.6. The van der Waals surface area contributed by atoms with E-state index >= 15 is 0 Å². The third kappa shape index (κ3) is 11.0. The van der Waals surface area contributed by atoms with Crippen LogP contribution >= 0.6 is 0 Å². The van der Waals surface area contributed by atoms with E-state index in [0.29, 0.717) is 89.5 Å². The highest BCUT2D eigenvalue weighted by atomic mass is 15.2. The van der Waals surface area contributed by atoms with Crippen molar-refractivity contribution in [1.29, 1.82) is 0 Å². The minimum atomic E-state index is -2.98. The molecule has 18 aromatic rings. The Morgan fingerprint density at radius 1 is 0.280 bits per heavy atom. The SMILES string of the molecule is [2H]c1c([2H])c([2H])c(-c2ccc3c(c2)N(c2ccccc2-c2nc(-c4ccccc4)nc(-c4ccccc4)n2)c2cc(C([2H])([2H])[2H])cc4c2B3c2ccc(-n3c5c([2H])c([2H])c([2H])c([2H])c5c5c([2H])c([2H])c([2H])c([2H])c53)cc2N4c2c(-c3nc(-c4ccccc4)nc(-c4ccccc4)n3)cccc2-c2nc(-c3ccccc3)nc(-c3ccccc3)n2)c([2H])c1[2H]. The van der Waals surface area contributed by atoms with Crippen LogP contribution in [0.4, 0.5) is 34.1 Å². The van der Waals surface area contributed by atoms with Gasteiger partial charge in [-0.15, -0.1) is 0 Å². The summed E-state index contributed by atoms with van der Waals surface area (Å²) >= 11 is 0. The molecule has 2 aliphatic rings. The van der Waals surface area contributed by atoms with E-state index < -0.39 is 92.1 Å². The number of hydrogen-bond donors (Lipinski definition) is 0. The number of rotatable bonds is 13. The quantitative estimate of drug-likeness (QED) is 0.102. The van der Waals surface area contributed by atoms with E-state index in [1.54, 1.807) is 36.4 Å². The first kappa shape index (κ1) is 47.7. The van der Waals surface area contributed by atoms with Gasteiger partial charge in [-0.05, 0) is 107 Å². The highest BCUT2D eigenvalue weighted by Crippen LogP contribution is 2.52. The number of anilines is 6. The highest BCUT2D eigenvalue weighted by molar-refractivity contribution is 7.00. The Hall–Kier alpha value is -14.4. The molecule has 2 aliphatic heterocycles. The van der Waals surface area contributed by atoms with Gasteiger partial charge < -0.3 is 14.4 Å². The van der Waals surface area contributed by atoms with Gasteiger partial charge in [0.25, 0.3) is 6.71 Å². The van der Waals surface area contributed by atoms with Crippen molar-refractivity contribution in [3.63, 3.8) is 0 Å². The molecule has 20 rings (SSSR count). The fourth-order valence-electron chi connectivity index (χ4n) is 14.6. The van der Waals surface area contributed by atoms with Crippen LogP contribution in [0.5, 0.6) is 0 Å². The Morgan fingerprint density at radius 2 is 0.654 bits per heavy atom. The smallest absolute Gasteiger partial charge is 0.252 e. The number of nitrogens with zero attached hydrogens (tertiary/aromatic N) is 12. The molecule has 0 spiro atoms. The molecule has 0 atom stereocenters. The average Bonchev–Trinajstić information content (AvgIpc) is 1.50. The van der Waals surface area contributed by atoms with Gasteiger partial charge in [0, 0.05) is 93.4 Å². The minimum absolute atomic E-state index is 0.110. The zero-order chi connectivity index (χ0) is 84.7. The molecule has 0 unspecified atom stereocenters. The van der Waals surface area contributed by atoms with E-state index in [4.69, 9.17) is 51.7 Å². The first-order chi connectivity index (χ1) is 59.6. The first-order valence-corrected chi connectivity index (χ1v) is 34.6. The van der Waals surface area contributed by atoms with Crippen LogP contribution in [0.1, 0.15) is 27.5 Å². The molecular weight excluding hydrogens is 1310 g/mol. The van der Waals surface area contributed by atoms with Crippen LogP contribution in [0, 0.1) is 6.85 Å². The summed E-state index contributed by atoms with van der Waals surface area (Å²) in [7, 11) is 0. The van der Waals surface area contributed by atoms with Crippen LogP contribution in [0.2, 0.25) is 0 Å². The number of aromatic nitrogens is 10. The van der Waals surface area contributed by atoms with Crippen molar-refractivity contribution in [1.82, 2.24) is 49.4 Å². The zero-order valence-electron chi connectivity index (χ0n) is 72.4. The van der Waals surface area contributed by atoms with Crippen molar-refractivity contribution in [2.75, 3.05) is 9.80 Å². The predicted octanol–water partition coefficient (Wildman–Crippen LogP) is 20.4. The van der Waals surface area contributed by atoms with Crippen molar-refractivity contribution in [3.8, 4) is 119 Å². The van der Waals surface area contributed by atoms with E-state index in [2.05, 4.69) is 0 Å². The van der Waals surface area contributed by atoms with Gasteiger partial charge in [0.2, 0.25) is 0 Å². The molecule has 0 fully saturated rings. The van der Waals surface area contributed by atoms with Gasteiger partial charge in [-0.3, -0.25) is 0 Å². The van der Waals surface area contributed by atoms with Gasteiger partial charge in [-0.2, -0.15) is 0 Å². The number of aryl methyl sites for hydroxylation is 1. The molecule has 107 heavy (non-hydrogen) atoms. The summed E-state index contributed by atoms with van der Waals surface area (Å²) in [6, 6.07) is 75.6. The average molecular weight is 1390 g/mol. The standard InChI is InChI=1S/C94H61BN12/c1-60-56-82-84-83(57-60)107(85-73(93-101-88(64-36-15-5-16-37-64)97-89(102-93)65-38-17-6-18-39-65)47-29-48-74(85)94-103-90(66-40-19-7-20-41-66)98-91(104-94)67-42-21-8-22-43-67)81-59-69(105-77-49-26-23-44-70(77)71-45-24-27-50-78(71)105)53-55-76(81)95(84)75-54-52-68(61-30-9-2-10-31-61)58-80(75)106(82)79-51-28-25-46-72(79)92-99-86(62-32-11-3-12-33-62)96-87(100-92)63-34-13-4-14-35-63/h2-59H,1H3/i1D3,2D,9D,10D,23D,24D,26D,27D,30D,31D,44D,45D,49D,50D. The Balaban J connectivity index is 0.973. The molecular formula is C94H61BN12. The van der Waals surface area contributed by atoms with Crippen LogP contribution in [0.15, 0.2) is 352 Å². The van der Waals surface area contributed by atoms with E-state index in [1.807, 2.05) is 246 Å². The monoisotopic (exact) mass is 1380 g/mol. The van der Waals surface area contributed by atoms with E-state index in [9.17, 15) is 15.1 Å². The van der Waals surface area contributed by atoms with Crippen molar-refractivity contribution in [2.45, 2.75) is 6.85 Å². The Labute approximate surface area is 640 Å². The van der Waals surface area contributed by atoms with E-state index in [0.717, 1.165) is 0 Å². The minimum Gasteiger partial charge on any atom is -0.311 e. The summed E-state index contributed by atoms with van der Waals surface area (Å²) < 4.78 is 153. The van der Waals surface area contributed by atoms with Crippen molar-refractivity contribution >= 4 is 79.0 Å². The summed E-state index contributed by atoms with van der Waals surface area (Å²) in [5.74, 6) is 2.18. The van der Waals surface area contributed by atoms with Gasteiger partial charge in [-0.1, -0.05) is 285 Å². The maximum atomic E-state index is 9.89. The molecule has 4 aromatic heterocycles. The lowest BCUT2D eigenvalue weighted by molar-refractivity contribution is 1.06. The normalized spacial score (nSPS) is 14.3. The molecule has 0 amide bonds. The summed E-state index contributed by atoms with van der Waals surface area (Å²) in [5, 5.41) is -0.361. The van der Waals surface area contributed by atoms with E-state index in [-0.39, 0.29) is 108 Å². The Bertz CT molecular complexity index is 7010. The molecule has 0 saturated heterocycles.